The van der Waals surface area contributed by atoms with Crippen LogP contribution in [-0.4, -0.2) is 54.0 Å². The van der Waals surface area contributed by atoms with Gasteiger partial charge in [0, 0.05) is 38.1 Å². The van der Waals surface area contributed by atoms with Gasteiger partial charge in [-0.2, -0.15) is 0 Å². The number of fused-ring (bicyclic) bond motifs is 1. The molecule has 0 radical (unpaired) electrons. The monoisotopic (exact) mass is 361 g/mol. The van der Waals surface area contributed by atoms with E-state index in [1.807, 2.05) is 11.0 Å². The molecule has 0 saturated carbocycles. The largest absolute Gasteiger partial charge is 0.494 e. The molecule has 1 aromatic carbocycles. The van der Waals surface area contributed by atoms with E-state index in [2.05, 4.69) is 9.88 Å². The van der Waals surface area contributed by atoms with E-state index in [0.29, 0.717) is 17.5 Å². The molecule has 25 heavy (non-hydrogen) atoms. The number of benzene rings is 1. The van der Waals surface area contributed by atoms with Crippen molar-refractivity contribution in [2.75, 3.05) is 33.3 Å². The van der Waals surface area contributed by atoms with E-state index in [1.54, 1.807) is 23.0 Å². The lowest BCUT2D eigenvalue weighted by Crippen LogP contribution is -2.33. The lowest BCUT2D eigenvalue weighted by molar-refractivity contribution is 0.0768. The van der Waals surface area contributed by atoms with Gasteiger partial charge >= 0.3 is 0 Å². The van der Waals surface area contributed by atoms with Crippen LogP contribution in [0.4, 0.5) is 4.39 Å². The van der Waals surface area contributed by atoms with Gasteiger partial charge in [0.25, 0.3) is 5.91 Å². The third-order valence-electron chi connectivity index (χ3n) is 5.12. The van der Waals surface area contributed by atoms with Crippen LogP contribution in [0.1, 0.15) is 16.1 Å². The minimum atomic E-state index is -0.320. The van der Waals surface area contributed by atoms with Gasteiger partial charge in [-0.25, -0.2) is 9.37 Å². The Morgan fingerprint density at radius 2 is 2.08 bits per heavy atom. The van der Waals surface area contributed by atoms with Crippen LogP contribution < -0.4 is 4.74 Å². The zero-order valence-corrected chi connectivity index (χ0v) is 14.8. The highest BCUT2D eigenvalue weighted by atomic mass is 32.1. The number of likely N-dealkylation sites (tertiary alicyclic amines) is 2. The van der Waals surface area contributed by atoms with E-state index in [0.717, 1.165) is 38.3 Å². The highest BCUT2D eigenvalue weighted by Gasteiger charge is 2.41. The maximum atomic E-state index is 13.8. The Kier molecular flexibility index (Phi) is 4.43. The van der Waals surface area contributed by atoms with Crippen molar-refractivity contribution in [1.82, 2.24) is 14.8 Å². The van der Waals surface area contributed by atoms with Crippen LogP contribution in [0.3, 0.4) is 0 Å². The van der Waals surface area contributed by atoms with E-state index in [9.17, 15) is 9.18 Å². The fraction of sp³-hybridized carbons (Fsp3) is 0.444. The van der Waals surface area contributed by atoms with E-state index >= 15 is 0 Å². The second kappa shape index (κ2) is 6.72. The van der Waals surface area contributed by atoms with Gasteiger partial charge in [-0.1, -0.05) is 6.07 Å². The molecule has 2 atom stereocenters. The number of halogens is 1. The normalized spacial score (nSPS) is 23.0. The van der Waals surface area contributed by atoms with Crippen molar-refractivity contribution in [1.29, 1.82) is 0 Å². The van der Waals surface area contributed by atoms with E-state index in [1.165, 1.54) is 18.4 Å². The Bertz CT molecular complexity index is 754. The Balaban J connectivity index is 1.35. The molecule has 0 unspecified atom stereocenters. The Labute approximate surface area is 150 Å². The lowest BCUT2D eigenvalue weighted by Gasteiger charge is -2.21. The number of carbonyl (C=O) groups excluding carboxylic acids is 1. The molecule has 2 fully saturated rings. The number of rotatable bonds is 4. The number of methoxy groups -OCH3 is 1. The number of carbonyl (C=O) groups is 1. The maximum Gasteiger partial charge on any atom is 0.273 e. The Morgan fingerprint density at radius 3 is 2.68 bits per heavy atom. The number of amides is 1. The van der Waals surface area contributed by atoms with Crippen molar-refractivity contribution in [3.05, 3.63) is 46.2 Å². The number of nitrogens with zero attached hydrogens (tertiary/aromatic N) is 3. The molecule has 2 aliphatic rings. The molecule has 1 amide bonds. The molecule has 3 heterocycles. The van der Waals surface area contributed by atoms with Gasteiger partial charge in [0.15, 0.2) is 11.6 Å². The molecular weight excluding hydrogens is 341 g/mol. The van der Waals surface area contributed by atoms with Crippen molar-refractivity contribution < 1.29 is 13.9 Å². The average molecular weight is 361 g/mol. The number of hydrogen-bond donors (Lipinski definition) is 0. The van der Waals surface area contributed by atoms with Crippen LogP contribution in [0.5, 0.6) is 5.75 Å². The first-order chi connectivity index (χ1) is 12.1. The first-order valence-electron chi connectivity index (χ1n) is 8.36. The third-order valence-corrected chi connectivity index (χ3v) is 5.71. The summed E-state index contributed by atoms with van der Waals surface area (Å²) in [7, 11) is 1.47. The molecule has 7 heteroatoms. The minimum Gasteiger partial charge on any atom is -0.494 e. The van der Waals surface area contributed by atoms with Gasteiger partial charge < -0.3 is 9.64 Å². The summed E-state index contributed by atoms with van der Waals surface area (Å²) in [6, 6.07) is 5.13. The van der Waals surface area contributed by atoms with Gasteiger partial charge in [-0.05, 0) is 29.5 Å². The fourth-order valence-corrected chi connectivity index (χ4v) is 4.46. The van der Waals surface area contributed by atoms with Crippen molar-refractivity contribution in [2.45, 2.75) is 6.54 Å². The highest BCUT2D eigenvalue weighted by molar-refractivity contribution is 7.07. The van der Waals surface area contributed by atoms with Crippen molar-refractivity contribution in [3.8, 4) is 5.75 Å². The minimum absolute atomic E-state index is 0.0411. The van der Waals surface area contributed by atoms with Crippen LogP contribution in [-0.2, 0) is 6.54 Å². The van der Waals surface area contributed by atoms with Crippen LogP contribution >= 0.6 is 11.3 Å². The van der Waals surface area contributed by atoms with Crippen LogP contribution in [0.15, 0.2) is 29.1 Å². The molecule has 2 aromatic rings. The summed E-state index contributed by atoms with van der Waals surface area (Å²) in [5.74, 6) is 0.980. The summed E-state index contributed by atoms with van der Waals surface area (Å²) in [5, 5.41) is 1.81. The van der Waals surface area contributed by atoms with Gasteiger partial charge in [0.1, 0.15) is 5.69 Å². The molecule has 4 rings (SSSR count). The summed E-state index contributed by atoms with van der Waals surface area (Å²) in [5.41, 5.74) is 3.20. The average Bonchev–Trinajstić information content (AvgIpc) is 3.30. The zero-order chi connectivity index (χ0) is 17.4. The molecule has 5 nitrogen and oxygen atoms in total. The third kappa shape index (κ3) is 3.26. The van der Waals surface area contributed by atoms with Gasteiger partial charge in [0.2, 0.25) is 0 Å². The Morgan fingerprint density at radius 1 is 1.32 bits per heavy atom. The van der Waals surface area contributed by atoms with Gasteiger partial charge in [-0.3, -0.25) is 9.69 Å². The van der Waals surface area contributed by atoms with Crippen LogP contribution in [0, 0.1) is 17.7 Å². The predicted octanol–water partition coefficient (Wildman–Crippen LogP) is 2.49. The smallest absolute Gasteiger partial charge is 0.273 e. The molecule has 0 bridgehead atoms. The summed E-state index contributed by atoms with van der Waals surface area (Å²) < 4.78 is 18.8. The van der Waals surface area contributed by atoms with Crippen LogP contribution in [0.25, 0.3) is 0 Å². The van der Waals surface area contributed by atoms with E-state index < -0.39 is 0 Å². The Hall–Kier alpha value is -1.99. The van der Waals surface area contributed by atoms with Gasteiger partial charge in [0.05, 0.1) is 12.6 Å². The summed E-state index contributed by atoms with van der Waals surface area (Å²) >= 11 is 1.45. The van der Waals surface area contributed by atoms with Crippen molar-refractivity contribution in [3.63, 3.8) is 0 Å². The maximum absolute atomic E-state index is 13.8. The van der Waals surface area contributed by atoms with Crippen LogP contribution in [0.2, 0.25) is 0 Å². The first-order valence-corrected chi connectivity index (χ1v) is 9.30. The van der Waals surface area contributed by atoms with Crippen molar-refractivity contribution >= 4 is 17.2 Å². The first kappa shape index (κ1) is 16.5. The lowest BCUT2D eigenvalue weighted by atomic mass is 10.0. The molecular formula is C18H20FN3O2S. The second-order valence-electron chi connectivity index (χ2n) is 6.77. The topological polar surface area (TPSA) is 45.7 Å². The van der Waals surface area contributed by atoms with E-state index in [4.69, 9.17) is 4.74 Å². The summed E-state index contributed by atoms with van der Waals surface area (Å²) in [6.45, 7) is 4.19. The van der Waals surface area contributed by atoms with E-state index in [-0.39, 0.29) is 17.5 Å². The molecule has 2 saturated heterocycles. The quantitative estimate of drug-likeness (QED) is 0.839. The molecule has 0 aliphatic carbocycles. The summed E-state index contributed by atoms with van der Waals surface area (Å²) in [6.07, 6.45) is 0. The molecule has 1 aromatic heterocycles. The number of ether oxygens (including phenoxy) is 1. The highest BCUT2D eigenvalue weighted by Crippen LogP contribution is 2.33. The number of hydrogen-bond acceptors (Lipinski definition) is 5. The summed E-state index contributed by atoms with van der Waals surface area (Å²) in [4.78, 5) is 20.8. The predicted molar refractivity (Wildman–Crippen MR) is 93.2 cm³/mol. The molecule has 0 spiro atoms. The SMILES string of the molecule is COc1ccc(CN2C[C@H]3CN(C(=O)c4cscn4)C[C@@H]3C2)cc1F. The number of thiazole rings is 1. The molecule has 132 valence electrons. The number of aromatic nitrogens is 1. The second-order valence-corrected chi connectivity index (χ2v) is 7.49. The van der Waals surface area contributed by atoms with Crippen molar-refractivity contribution in [2.24, 2.45) is 11.8 Å². The molecule has 0 N–H and O–H groups in total. The zero-order valence-electron chi connectivity index (χ0n) is 14.0. The fourth-order valence-electron chi connectivity index (χ4n) is 3.93. The van der Waals surface area contributed by atoms with Gasteiger partial charge in [-0.15, -0.1) is 11.3 Å². The molecule has 2 aliphatic heterocycles. The standard InChI is InChI=1S/C18H20FN3O2S/c1-24-17-3-2-12(4-15(17)19)5-21-6-13-8-22(9-14(13)7-21)18(23)16-10-25-11-20-16/h2-4,10-11,13-14H,5-9H2,1H3/t13-,14-/m0/s1.